The second kappa shape index (κ2) is 7.77. The molecule has 8 atom stereocenters. The summed E-state index contributed by atoms with van der Waals surface area (Å²) in [6, 6.07) is 0. The highest BCUT2D eigenvalue weighted by molar-refractivity contribution is 5.10. The third kappa shape index (κ3) is 3.33. The lowest BCUT2D eigenvalue weighted by molar-refractivity contribution is -0.114. The minimum atomic E-state index is 0.650. The SMILES string of the molecule is CC(C)=C(C)CC[C@@H](C)[C@H]1CC[C@H]2[C@@H]3CC[C@@H]4CCCC[C@]4(C)[C@H]3CC[C@]12C. The minimum absolute atomic E-state index is 0.650. The Bertz CT molecular complexity index is 595. The van der Waals surface area contributed by atoms with Gasteiger partial charge < -0.3 is 0 Å². The van der Waals surface area contributed by atoms with Gasteiger partial charge in [0.2, 0.25) is 0 Å². The summed E-state index contributed by atoms with van der Waals surface area (Å²) < 4.78 is 0. The quantitative estimate of drug-likeness (QED) is 0.425. The van der Waals surface area contributed by atoms with Crippen LogP contribution >= 0.6 is 0 Å². The van der Waals surface area contributed by atoms with E-state index in [1.54, 1.807) is 49.7 Å². The first-order chi connectivity index (χ1) is 13.3. The molecule has 160 valence electrons. The van der Waals surface area contributed by atoms with Crippen LogP contribution in [0.2, 0.25) is 0 Å². The average Bonchev–Trinajstić information content (AvgIpc) is 3.02. The first kappa shape index (κ1) is 21.0. The average molecular weight is 385 g/mol. The van der Waals surface area contributed by atoms with Gasteiger partial charge in [0, 0.05) is 0 Å². The summed E-state index contributed by atoms with van der Waals surface area (Å²) in [5.74, 6) is 6.13. The van der Waals surface area contributed by atoms with Crippen LogP contribution in [0.15, 0.2) is 11.1 Å². The molecule has 4 aliphatic carbocycles. The molecule has 0 N–H and O–H groups in total. The number of allylic oxidation sites excluding steroid dienone is 2. The van der Waals surface area contributed by atoms with Crippen LogP contribution in [0.5, 0.6) is 0 Å². The second-order valence-corrected chi connectivity index (χ2v) is 12.4. The van der Waals surface area contributed by atoms with E-state index in [-0.39, 0.29) is 0 Å². The predicted molar refractivity (Wildman–Crippen MR) is 122 cm³/mol. The van der Waals surface area contributed by atoms with E-state index in [1.807, 2.05) is 0 Å². The van der Waals surface area contributed by atoms with Crippen molar-refractivity contribution in [2.24, 2.45) is 46.3 Å². The second-order valence-electron chi connectivity index (χ2n) is 12.4. The molecular formula is C28H48. The normalized spacial score (nSPS) is 46.3. The summed E-state index contributed by atoms with van der Waals surface area (Å²) in [4.78, 5) is 0. The minimum Gasteiger partial charge on any atom is -0.0775 e. The van der Waals surface area contributed by atoms with Crippen LogP contribution < -0.4 is 0 Å². The van der Waals surface area contributed by atoms with Crippen molar-refractivity contribution in [1.29, 1.82) is 0 Å². The van der Waals surface area contributed by atoms with Gasteiger partial charge in [-0.3, -0.25) is 0 Å². The molecule has 4 saturated carbocycles. The topological polar surface area (TPSA) is 0 Å². The van der Waals surface area contributed by atoms with E-state index in [4.69, 9.17) is 0 Å². The van der Waals surface area contributed by atoms with Crippen LogP contribution in [-0.2, 0) is 0 Å². The monoisotopic (exact) mass is 384 g/mol. The Kier molecular flexibility index (Phi) is 5.83. The zero-order valence-corrected chi connectivity index (χ0v) is 19.9. The summed E-state index contributed by atoms with van der Waals surface area (Å²) in [5, 5.41) is 0. The Morgan fingerprint density at radius 3 is 2.32 bits per heavy atom. The molecular weight excluding hydrogens is 336 g/mol. The highest BCUT2D eigenvalue weighted by atomic mass is 14.6. The van der Waals surface area contributed by atoms with Gasteiger partial charge in [0.05, 0.1) is 0 Å². The van der Waals surface area contributed by atoms with Gasteiger partial charge in [-0.05, 0) is 131 Å². The molecule has 0 aromatic heterocycles. The number of rotatable bonds is 4. The predicted octanol–water partition coefficient (Wildman–Crippen LogP) is 8.81. The maximum atomic E-state index is 2.74. The van der Waals surface area contributed by atoms with Gasteiger partial charge in [-0.2, -0.15) is 0 Å². The molecule has 0 radical (unpaired) electrons. The molecule has 0 spiro atoms. The summed E-state index contributed by atoms with van der Waals surface area (Å²) in [5.41, 5.74) is 4.53. The molecule has 0 amide bonds. The fourth-order valence-corrected chi connectivity index (χ4v) is 9.17. The summed E-state index contributed by atoms with van der Waals surface area (Å²) >= 11 is 0. The zero-order chi connectivity index (χ0) is 20.1. The van der Waals surface area contributed by atoms with Crippen molar-refractivity contribution in [2.75, 3.05) is 0 Å². The third-order valence-electron chi connectivity index (χ3n) is 11.2. The van der Waals surface area contributed by atoms with Crippen molar-refractivity contribution in [3.8, 4) is 0 Å². The largest absolute Gasteiger partial charge is 0.0775 e. The Morgan fingerprint density at radius 1 is 0.821 bits per heavy atom. The molecule has 0 saturated heterocycles. The number of fused-ring (bicyclic) bond motifs is 5. The Hall–Kier alpha value is -0.260. The molecule has 0 aromatic rings. The molecule has 0 bridgehead atoms. The van der Waals surface area contributed by atoms with Crippen molar-refractivity contribution < 1.29 is 0 Å². The first-order valence-electron chi connectivity index (χ1n) is 12.9. The molecule has 0 unspecified atom stereocenters. The van der Waals surface area contributed by atoms with Gasteiger partial charge in [0.1, 0.15) is 0 Å². The summed E-state index contributed by atoms with van der Waals surface area (Å²) in [7, 11) is 0. The van der Waals surface area contributed by atoms with E-state index in [2.05, 4.69) is 41.5 Å². The van der Waals surface area contributed by atoms with Crippen molar-refractivity contribution in [3.63, 3.8) is 0 Å². The lowest BCUT2D eigenvalue weighted by Crippen LogP contribution is -2.53. The van der Waals surface area contributed by atoms with Crippen LogP contribution in [-0.4, -0.2) is 0 Å². The standard InChI is InChI=1S/C28H48/c1-19(2)20(3)10-11-21(4)24-14-15-25-23-13-12-22-9-7-8-17-27(22,5)26(23)16-18-28(24,25)6/h21-26H,7-18H2,1-6H3/t21-,22+,23+,24-,25+,26+,27+,28-/m1/s1. The Balaban J connectivity index is 1.48. The van der Waals surface area contributed by atoms with E-state index in [1.165, 1.54) is 38.5 Å². The molecule has 0 aliphatic heterocycles. The number of hydrogen-bond donors (Lipinski definition) is 0. The number of hydrogen-bond acceptors (Lipinski definition) is 0. The highest BCUT2D eigenvalue weighted by Crippen LogP contribution is 2.68. The van der Waals surface area contributed by atoms with Crippen molar-refractivity contribution in [2.45, 2.75) is 119 Å². The first-order valence-corrected chi connectivity index (χ1v) is 12.9. The van der Waals surface area contributed by atoms with E-state index >= 15 is 0 Å². The maximum absolute atomic E-state index is 2.74. The Labute approximate surface area is 176 Å². The summed E-state index contributed by atoms with van der Waals surface area (Å²) in [6.45, 7) is 15.0. The van der Waals surface area contributed by atoms with Crippen molar-refractivity contribution >= 4 is 0 Å². The van der Waals surface area contributed by atoms with E-state index in [9.17, 15) is 0 Å². The molecule has 4 fully saturated rings. The lowest BCUT2D eigenvalue weighted by atomic mass is 9.44. The van der Waals surface area contributed by atoms with Crippen LogP contribution in [0.1, 0.15) is 119 Å². The molecule has 0 heteroatoms. The fraction of sp³-hybridized carbons (Fsp3) is 0.929. The molecule has 0 heterocycles. The van der Waals surface area contributed by atoms with Gasteiger partial charge >= 0.3 is 0 Å². The van der Waals surface area contributed by atoms with E-state index in [0.29, 0.717) is 10.8 Å². The van der Waals surface area contributed by atoms with Crippen LogP contribution in [0, 0.1) is 46.3 Å². The lowest BCUT2D eigenvalue weighted by Gasteiger charge is -2.61. The smallest absolute Gasteiger partial charge is 0.0264 e. The summed E-state index contributed by atoms with van der Waals surface area (Å²) in [6.07, 6.45) is 18.2. The van der Waals surface area contributed by atoms with E-state index < -0.39 is 0 Å². The van der Waals surface area contributed by atoms with Crippen LogP contribution in [0.4, 0.5) is 0 Å². The molecule has 0 nitrogen and oxygen atoms in total. The van der Waals surface area contributed by atoms with Gasteiger partial charge in [-0.1, -0.05) is 44.8 Å². The van der Waals surface area contributed by atoms with Crippen molar-refractivity contribution in [1.82, 2.24) is 0 Å². The van der Waals surface area contributed by atoms with Gasteiger partial charge in [0.15, 0.2) is 0 Å². The van der Waals surface area contributed by atoms with Gasteiger partial charge in [-0.15, -0.1) is 0 Å². The van der Waals surface area contributed by atoms with Gasteiger partial charge in [-0.25, -0.2) is 0 Å². The van der Waals surface area contributed by atoms with Crippen LogP contribution in [0.25, 0.3) is 0 Å². The maximum Gasteiger partial charge on any atom is -0.0264 e. The van der Waals surface area contributed by atoms with Crippen molar-refractivity contribution in [3.05, 3.63) is 11.1 Å². The third-order valence-corrected chi connectivity index (χ3v) is 11.2. The van der Waals surface area contributed by atoms with Crippen LogP contribution in [0.3, 0.4) is 0 Å². The molecule has 28 heavy (non-hydrogen) atoms. The zero-order valence-electron chi connectivity index (χ0n) is 19.9. The fourth-order valence-electron chi connectivity index (χ4n) is 9.17. The van der Waals surface area contributed by atoms with Gasteiger partial charge in [0.25, 0.3) is 0 Å². The highest BCUT2D eigenvalue weighted by Gasteiger charge is 2.59. The molecule has 0 aromatic carbocycles. The Morgan fingerprint density at radius 2 is 1.57 bits per heavy atom. The molecule has 4 aliphatic rings. The molecule has 4 rings (SSSR count). The van der Waals surface area contributed by atoms with E-state index in [0.717, 1.165) is 35.5 Å².